The van der Waals surface area contributed by atoms with E-state index in [1.165, 1.54) is 18.2 Å². The van der Waals surface area contributed by atoms with Crippen LogP contribution in [0.25, 0.3) is 0 Å². The second kappa shape index (κ2) is 5.91. The van der Waals surface area contributed by atoms with Gasteiger partial charge in [0, 0.05) is 18.2 Å². The van der Waals surface area contributed by atoms with Crippen LogP contribution in [0.2, 0.25) is 0 Å². The monoisotopic (exact) mass is 286 g/mol. The minimum atomic E-state index is -0.381. The summed E-state index contributed by atoms with van der Waals surface area (Å²) in [6.45, 7) is 7.58. The van der Waals surface area contributed by atoms with E-state index < -0.39 is 0 Å². The molecule has 1 aliphatic heterocycles. The van der Waals surface area contributed by atoms with Crippen molar-refractivity contribution in [2.75, 3.05) is 6.54 Å². The summed E-state index contributed by atoms with van der Waals surface area (Å²) < 4.78 is 0. The first-order valence-electron chi connectivity index (χ1n) is 6.91. The second-order valence-electron chi connectivity index (χ2n) is 5.05. The van der Waals surface area contributed by atoms with Crippen molar-refractivity contribution in [1.29, 1.82) is 0 Å². The molecule has 0 aliphatic carbocycles. The number of carbonyl (C=O) groups is 3. The first kappa shape index (κ1) is 15.0. The van der Waals surface area contributed by atoms with Crippen molar-refractivity contribution >= 4 is 17.7 Å². The number of fused-ring (bicyclic) bond motifs is 1. The van der Waals surface area contributed by atoms with Crippen molar-refractivity contribution in [2.24, 2.45) is 0 Å². The minimum Gasteiger partial charge on any atom is -0.350 e. The lowest BCUT2D eigenvalue weighted by Crippen LogP contribution is -2.32. The van der Waals surface area contributed by atoms with Crippen LogP contribution in [0.15, 0.2) is 30.9 Å². The van der Waals surface area contributed by atoms with Gasteiger partial charge in [0.1, 0.15) is 0 Å². The van der Waals surface area contributed by atoms with Gasteiger partial charge in [0.15, 0.2) is 0 Å². The van der Waals surface area contributed by atoms with Crippen molar-refractivity contribution in [2.45, 2.75) is 26.3 Å². The smallest absolute Gasteiger partial charge is 0.261 e. The Morgan fingerprint density at radius 1 is 1.33 bits per heavy atom. The summed E-state index contributed by atoms with van der Waals surface area (Å²) in [5, 5.41) is 2.83. The minimum absolute atomic E-state index is 0.0559. The maximum absolute atomic E-state index is 12.2. The van der Waals surface area contributed by atoms with Crippen LogP contribution >= 0.6 is 0 Å². The van der Waals surface area contributed by atoms with Gasteiger partial charge in [0.25, 0.3) is 17.7 Å². The molecule has 5 nitrogen and oxygen atoms in total. The van der Waals surface area contributed by atoms with Gasteiger partial charge < -0.3 is 5.32 Å². The number of benzene rings is 1. The molecule has 21 heavy (non-hydrogen) atoms. The molecule has 0 radical (unpaired) electrons. The molecule has 0 saturated heterocycles. The van der Waals surface area contributed by atoms with Gasteiger partial charge in [0.2, 0.25) is 0 Å². The molecule has 0 fully saturated rings. The van der Waals surface area contributed by atoms with Crippen LogP contribution in [0.5, 0.6) is 0 Å². The molecule has 1 aromatic rings. The average molecular weight is 286 g/mol. The molecular weight excluding hydrogens is 268 g/mol. The number of amides is 3. The normalized spacial score (nSPS) is 14.9. The van der Waals surface area contributed by atoms with E-state index in [2.05, 4.69) is 11.9 Å². The number of nitrogens with zero attached hydrogens (tertiary/aromatic N) is 1. The number of carbonyl (C=O) groups excluding carboxylic acids is 3. The van der Waals surface area contributed by atoms with Crippen LogP contribution in [-0.4, -0.2) is 35.2 Å². The molecule has 0 bridgehead atoms. The van der Waals surface area contributed by atoms with Gasteiger partial charge in [0.05, 0.1) is 11.1 Å². The lowest BCUT2D eigenvalue weighted by molar-refractivity contribution is 0.0672. The summed E-state index contributed by atoms with van der Waals surface area (Å²) in [6, 6.07) is 4.64. The molecule has 110 valence electrons. The van der Waals surface area contributed by atoms with Crippen LogP contribution in [-0.2, 0) is 0 Å². The largest absolute Gasteiger partial charge is 0.350 e. The van der Waals surface area contributed by atoms with E-state index in [1.807, 2.05) is 13.8 Å². The zero-order valence-electron chi connectivity index (χ0n) is 12.2. The van der Waals surface area contributed by atoms with Crippen LogP contribution in [0.1, 0.15) is 51.3 Å². The molecule has 0 unspecified atom stereocenters. The lowest BCUT2D eigenvalue weighted by atomic mass is 10.0. The quantitative estimate of drug-likeness (QED) is 0.665. The standard InChI is InChI=1S/C16H18N2O3/c1-4-8-18-15(20)12-7-6-11(9-13(12)16(18)21)14(19)17-10(3)5-2/h4,6-7,9-10H,1,5,8H2,2-3H3,(H,17,19)/t10-/m0/s1. The second-order valence-corrected chi connectivity index (χ2v) is 5.05. The van der Waals surface area contributed by atoms with Crippen molar-refractivity contribution in [1.82, 2.24) is 10.2 Å². The van der Waals surface area contributed by atoms with E-state index in [0.29, 0.717) is 11.1 Å². The number of imide groups is 1. The van der Waals surface area contributed by atoms with Gasteiger partial charge in [-0.3, -0.25) is 19.3 Å². The molecule has 5 heteroatoms. The van der Waals surface area contributed by atoms with Crippen molar-refractivity contribution in [3.63, 3.8) is 0 Å². The van der Waals surface area contributed by atoms with Crippen LogP contribution in [0, 0.1) is 0 Å². The van der Waals surface area contributed by atoms with Crippen molar-refractivity contribution < 1.29 is 14.4 Å². The maximum atomic E-state index is 12.2. The molecular formula is C16H18N2O3. The molecule has 0 saturated carbocycles. The molecule has 1 N–H and O–H groups in total. The Balaban J connectivity index is 2.30. The predicted molar refractivity (Wildman–Crippen MR) is 79.2 cm³/mol. The molecule has 0 aromatic heterocycles. The Morgan fingerprint density at radius 2 is 2.00 bits per heavy atom. The fourth-order valence-electron chi connectivity index (χ4n) is 2.14. The van der Waals surface area contributed by atoms with E-state index >= 15 is 0 Å². The Bertz CT molecular complexity index is 622. The van der Waals surface area contributed by atoms with Crippen LogP contribution in [0.4, 0.5) is 0 Å². The van der Waals surface area contributed by atoms with Gasteiger partial charge in [-0.25, -0.2) is 0 Å². The summed E-state index contributed by atoms with van der Waals surface area (Å²) in [6.07, 6.45) is 2.32. The molecule has 2 rings (SSSR count). The zero-order valence-corrected chi connectivity index (χ0v) is 12.2. The fourth-order valence-corrected chi connectivity index (χ4v) is 2.14. The molecule has 0 spiro atoms. The van der Waals surface area contributed by atoms with Crippen molar-refractivity contribution in [3.8, 4) is 0 Å². The maximum Gasteiger partial charge on any atom is 0.261 e. The predicted octanol–water partition coefficient (Wildman–Crippen LogP) is 2.00. The number of nitrogens with one attached hydrogen (secondary N) is 1. The molecule has 1 heterocycles. The van der Waals surface area contributed by atoms with Crippen LogP contribution in [0.3, 0.4) is 0 Å². The summed E-state index contributed by atoms with van der Waals surface area (Å²) in [7, 11) is 0. The van der Waals surface area contributed by atoms with E-state index in [0.717, 1.165) is 11.3 Å². The Hall–Kier alpha value is -2.43. The summed E-state index contributed by atoms with van der Waals surface area (Å²) in [5.74, 6) is -0.966. The van der Waals surface area contributed by atoms with E-state index in [-0.39, 0.29) is 35.9 Å². The highest BCUT2D eigenvalue weighted by atomic mass is 16.2. The number of hydrogen-bond donors (Lipinski definition) is 1. The Kier molecular flexibility index (Phi) is 4.21. The van der Waals surface area contributed by atoms with Gasteiger partial charge in [-0.2, -0.15) is 0 Å². The molecule has 1 aromatic carbocycles. The lowest BCUT2D eigenvalue weighted by Gasteiger charge is -2.11. The van der Waals surface area contributed by atoms with Gasteiger partial charge in [-0.15, -0.1) is 6.58 Å². The third kappa shape index (κ3) is 2.72. The highest BCUT2D eigenvalue weighted by Gasteiger charge is 2.35. The highest BCUT2D eigenvalue weighted by molar-refractivity contribution is 6.22. The SMILES string of the molecule is C=CCN1C(=O)c2ccc(C(=O)N[C@@H](C)CC)cc2C1=O. The van der Waals surface area contributed by atoms with Crippen LogP contribution < -0.4 is 5.32 Å². The third-order valence-electron chi connectivity index (χ3n) is 3.53. The molecule has 3 amide bonds. The summed E-state index contributed by atoms with van der Waals surface area (Å²) in [5.41, 5.74) is 0.997. The third-order valence-corrected chi connectivity index (χ3v) is 3.53. The van der Waals surface area contributed by atoms with Gasteiger partial charge in [-0.1, -0.05) is 13.0 Å². The van der Waals surface area contributed by atoms with E-state index in [1.54, 1.807) is 6.07 Å². The topological polar surface area (TPSA) is 66.5 Å². The number of hydrogen-bond acceptors (Lipinski definition) is 3. The van der Waals surface area contributed by atoms with Gasteiger partial charge in [-0.05, 0) is 31.5 Å². The Labute approximate surface area is 123 Å². The van der Waals surface area contributed by atoms with E-state index in [4.69, 9.17) is 0 Å². The zero-order chi connectivity index (χ0) is 15.6. The van der Waals surface area contributed by atoms with Gasteiger partial charge >= 0.3 is 0 Å². The summed E-state index contributed by atoms with van der Waals surface area (Å²) >= 11 is 0. The van der Waals surface area contributed by atoms with Crippen molar-refractivity contribution in [3.05, 3.63) is 47.5 Å². The fraction of sp³-hybridized carbons (Fsp3) is 0.312. The Morgan fingerprint density at radius 3 is 2.62 bits per heavy atom. The van der Waals surface area contributed by atoms with E-state index in [9.17, 15) is 14.4 Å². The molecule has 1 aliphatic rings. The highest BCUT2D eigenvalue weighted by Crippen LogP contribution is 2.24. The number of rotatable bonds is 5. The first-order chi connectivity index (χ1) is 9.99. The molecule has 1 atom stereocenters. The summed E-state index contributed by atoms with van der Waals surface area (Å²) in [4.78, 5) is 37.4. The average Bonchev–Trinajstić information content (AvgIpc) is 2.72. The first-order valence-corrected chi connectivity index (χ1v) is 6.91.